The van der Waals surface area contributed by atoms with Crippen LogP contribution in [0.4, 0.5) is 0 Å². The van der Waals surface area contributed by atoms with E-state index in [9.17, 15) is 0 Å². The lowest BCUT2D eigenvalue weighted by atomic mass is 10.1. The molecule has 0 saturated carbocycles. The molecule has 100 valence electrons. The van der Waals surface area contributed by atoms with Crippen LogP contribution in [0.5, 0.6) is 11.5 Å². The van der Waals surface area contributed by atoms with E-state index in [4.69, 9.17) is 4.74 Å². The van der Waals surface area contributed by atoms with Crippen LogP contribution in [0.25, 0.3) is 10.8 Å². The lowest BCUT2D eigenvalue weighted by Crippen LogP contribution is -2.06. The smallest absolute Gasteiger partial charge is 0.130 e. The van der Waals surface area contributed by atoms with Crippen molar-refractivity contribution < 1.29 is 4.74 Å². The zero-order valence-electron chi connectivity index (χ0n) is 11.3. The molecule has 0 aliphatic heterocycles. The van der Waals surface area contributed by atoms with Gasteiger partial charge in [0.2, 0.25) is 0 Å². The molecule has 0 saturated heterocycles. The predicted molar refractivity (Wildman–Crippen MR) is 81.0 cm³/mol. The van der Waals surface area contributed by atoms with Gasteiger partial charge in [0.1, 0.15) is 11.5 Å². The van der Waals surface area contributed by atoms with E-state index in [1.165, 1.54) is 10.8 Å². The van der Waals surface area contributed by atoms with Gasteiger partial charge in [0.15, 0.2) is 0 Å². The first-order valence-corrected chi connectivity index (χ1v) is 6.61. The summed E-state index contributed by atoms with van der Waals surface area (Å²) in [6.45, 7) is 0.731. The average Bonchev–Trinajstić information content (AvgIpc) is 2.48. The first kappa shape index (κ1) is 12.6. The summed E-state index contributed by atoms with van der Waals surface area (Å²) in [6, 6.07) is 18.2. The van der Waals surface area contributed by atoms with Crippen molar-refractivity contribution in [2.24, 2.45) is 0 Å². The maximum absolute atomic E-state index is 5.91. The molecule has 20 heavy (non-hydrogen) atoms. The number of nitrogens with one attached hydrogen (secondary N) is 1. The van der Waals surface area contributed by atoms with Gasteiger partial charge < -0.3 is 10.1 Å². The van der Waals surface area contributed by atoms with E-state index in [0.717, 1.165) is 23.7 Å². The Hall–Kier alpha value is -2.39. The van der Waals surface area contributed by atoms with Crippen molar-refractivity contribution in [1.29, 1.82) is 0 Å². The summed E-state index contributed by atoms with van der Waals surface area (Å²) < 4.78 is 5.91. The van der Waals surface area contributed by atoms with Gasteiger partial charge in [-0.2, -0.15) is 0 Å². The van der Waals surface area contributed by atoms with E-state index in [2.05, 4.69) is 28.5 Å². The molecule has 0 atom stereocenters. The van der Waals surface area contributed by atoms with Crippen molar-refractivity contribution in [1.82, 2.24) is 10.3 Å². The second-order valence-electron chi connectivity index (χ2n) is 4.62. The largest absolute Gasteiger partial charge is 0.457 e. The number of pyridine rings is 1. The maximum Gasteiger partial charge on any atom is 0.130 e. The lowest BCUT2D eigenvalue weighted by molar-refractivity contribution is 0.481. The van der Waals surface area contributed by atoms with E-state index in [0.29, 0.717) is 0 Å². The molecule has 0 aliphatic carbocycles. The molecular formula is C17H16N2O. The Morgan fingerprint density at radius 1 is 0.950 bits per heavy atom. The van der Waals surface area contributed by atoms with Crippen LogP contribution in [0.1, 0.15) is 5.69 Å². The molecule has 2 aromatic carbocycles. The van der Waals surface area contributed by atoms with Crippen molar-refractivity contribution in [3.8, 4) is 11.5 Å². The highest BCUT2D eigenvalue weighted by Gasteiger charge is 2.01. The van der Waals surface area contributed by atoms with Crippen LogP contribution in [0.3, 0.4) is 0 Å². The fourth-order valence-corrected chi connectivity index (χ4v) is 2.16. The third-order valence-corrected chi connectivity index (χ3v) is 3.10. The summed E-state index contributed by atoms with van der Waals surface area (Å²) in [5.41, 5.74) is 0.964. The highest BCUT2D eigenvalue weighted by Crippen LogP contribution is 2.25. The van der Waals surface area contributed by atoms with Gasteiger partial charge in [0.05, 0.1) is 5.69 Å². The number of benzene rings is 2. The Morgan fingerprint density at radius 3 is 2.60 bits per heavy atom. The van der Waals surface area contributed by atoms with Crippen molar-refractivity contribution in [2.75, 3.05) is 7.05 Å². The Balaban J connectivity index is 1.87. The van der Waals surface area contributed by atoms with Gasteiger partial charge in [0, 0.05) is 18.8 Å². The van der Waals surface area contributed by atoms with E-state index < -0.39 is 0 Å². The number of ether oxygens (including phenoxy) is 1. The maximum atomic E-state index is 5.91. The van der Waals surface area contributed by atoms with E-state index in [1.807, 2.05) is 43.4 Å². The summed E-state index contributed by atoms with van der Waals surface area (Å²) >= 11 is 0. The summed E-state index contributed by atoms with van der Waals surface area (Å²) in [7, 11) is 1.90. The SMILES string of the molecule is CNCc1cc(Oc2ccc3ccccc3c2)ccn1. The molecule has 1 aromatic heterocycles. The molecule has 3 rings (SSSR count). The number of nitrogens with zero attached hydrogens (tertiary/aromatic N) is 1. The van der Waals surface area contributed by atoms with Gasteiger partial charge in [-0.15, -0.1) is 0 Å². The second kappa shape index (κ2) is 5.72. The standard InChI is InChI=1S/C17H16N2O/c1-18-12-15-11-17(8-9-19-15)20-16-7-6-13-4-2-3-5-14(13)10-16/h2-11,18H,12H2,1H3. The van der Waals surface area contributed by atoms with Crippen LogP contribution in [-0.4, -0.2) is 12.0 Å². The van der Waals surface area contributed by atoms with Crippen LogP contribution < -0.4 is 10.1 Å². The number of fused-ring (bicyclic) bond motifs is 1. The Bertz CT molecular complexity index is 725. The van der Waals surface area contributed by atoms with Crippen molar-refractivity contribution in [2.45, 2.75) is 6.54 Å². The third-order valence-electron chi connectivity index (χ3n) is 3.10. The molecule has 3 nitrogen and oxygen atoms in total. The Morgan fingerprint density at radius 2 is 1.75 bits per heavy atom. The molecule has 0 amide bonds. The Labute approximate surface area is 118 Å². The molecule has 0 spiro atoms. The van der Waals surface area contributed by atoms with Gasteiger partial charge >= 0.3 is 0 Å². The molecular weight excluding hydrogens is 248 g/mol. The number of rotatable bonds is 4. The minimum absolute atomic E-state index is 0.731. The van der Waals surface area contributed by atoms with Gasteiger partial charge in [-0.25, -0.2) is 0 Å². The average molecular weight is 264 g/mol. The topological polar surface area (TPSA) is 34.1 Å². The van der Waals surface area contributed by atoms with Gasteiger partial charge in [-0.3, -0.25) is 4.98 Å². The quantitative estimate of drug-likeness (QED) is 0.779. The molecule has 0 fully saturated rings. The molecule has 1 N–H and O–H groups in total. The normalized spacial score (nSPS) is 10.7. The molecule has 0 aliphatic rings. The van der Waals surface area contributed by atoms with E-state index in [1.54, 1.807) is 6.20 Å². The zero-order valence-corrected chi connectivity index (χ0v) is 11.3. The highest BCUT2D eigenvalue weighted by molar-refractivity contribution is 5.83. The van der Waals surface area contributed by atoms with Crippen molar-refractivity contribution in [3.63, 3.8) is 0 Å². The summed E-state index contributed by atoms with van der Waals surface area (Å²) in [6.07, 6.45) is 1.77. The zero-order chi connectivity index (χ0) is 13.8. The molecule has 3 heteroatoms. The van der Waals surface area contributed by atoms with Crippen molar-refractivity contribution in [3.05, 3.63) is 66.5 Å². The van der Waals surface area contributed by atoms with Crippen LogP contribution >= 0.6 is 0 Å². The summed E-state index contributed by atoms with van der Waals surface area (Å²) in [5.74, 6) is 1.64. The van der Waals surface area contributed by atoms with Crippen LogP contribution in [0.15, 0.2) is 60.8 Å². The number of hydrogen-bond acceptors (Lipinski definition) is 3. The minimum Gasteiger partial charge on any atom is -0.457 e. The second-order valence-corrected chi connectivity index (χ2v) is 4.62. The third kappa shape index (κ3) is 2.78. The monoisotopic (exact) mass is 264 g/mol. The van der Waals surface area contributed by atoms with Gasteiger partial charge in [-0.1, -0.05) is 30.3 Å². The number of aromatic nitrogens is 1. The van der Waals surface area contributed by atoms with Crippen LogP contribution in [0, 0.1) is 0 Å². The predicted octanol–water partition coefficient (Wildman–Crippen LogP) is 3.75. The molecule has 1 heterocycles. The van der Waals surface area contributed by atoms with Gasteiger partial charge in [0.25, 0.3) is 0 Å². The molecule has 0 radical (unpaired) electrons. The molecule has 0 unspecified atom stereocenters. The first-order valence-electron chi connectivity index (χ1n) is 6.61. The van der Waals surface area contributed by atoms with E-state index >= 15 is 0 Å². The summed E-state index contributed by atoms with van der Waals surface area (Å²) in [4.78, 5) is 4.28. The highest BCUT2D eigenvalue weighted by atomic mass is 16.5. The molecule has 0 bridgehead atoms. The van der Waals surface area contributed by atoms with Gasteiger partial charge in [-0.05, 0) is 36.0 Å². The Kier molecular flexibility index (Phi) is 3.61. The van der Waals surface area contributed by atoms with Crippen molar-refractivity contribution >= 4 is 10.8 Å². The number of hydrogen-bond donors (Lipinski definition) is 1. The first-order chi connectivity index (χ1) is 9.85. The minimum atomic E-state index is 0.731. The van der Waals surface area contributed by atoms with Crippen LogP contribution in [0.2, 0.25) is 0 Å². The fraction of sp³-hybridized carbons (Fsp3) is 0.118. The molecule has 3 aromatic rings. The summed E-state index contributed by atoms with van der Waals surface area (Å²) in [5, 5.41) is 5.47. The fourth-order valence-electron chi connectivity index (χ4n) is 2.16. The van der Waals surface area contributed by atoms with Crippen LogP contribution in [-0.2, 0) is 6.54 Å². The lowest BCUT2D eigenvalue weighted by Gasteiger charge is -2.08. The van der Waals surface area contributed by atoms with E-state index in [-0.39, 0.29) is 0 Å².